The largest absolute Gasteiger partial charge is 0.484 e. The highest BCUT2D eigenvalue weighted by atomic mass is 16.5. The number of hydrogen-bond acceptors (Lipinski definition) is 3. The molecule has 2 aromatic rings. The molecule has 0 unspecified atom stereocenters. The molecule has 0 fully saturated rings. The van der Waals surface area contributed by atoms with Crippen LogP contribution in [0.25, 0.3) is 0 Å². The van der Waals surface area contributed by atoms with Gasteiger partial charge in [0.25, 0.3) is 5.91 Å². The van der Waals surface area contributed by atoms with E-state index >= 15 is 0 Å². The number of aryl methyl sites for hydroxylation is 1. The zero-order valence-corrected chi connectivity index (χ0v) is 16.4. The summed E-state index contributed by atoms with van der Waals surface area (Å²) in [5, 5.41) is 2.87. The normalized spacial score (nSPS) is 11.7. The first-order chi connectivity index (χ1) is 12.9. The van der Waals surface area contributed by atoms with Crippen LogP contribution in [0.15, 0.2) is 54.6 Å². The molecular weight excluding hydrogens is 340 g/mol. The fourth-order valence-corrected chi connectivity index (χ4v) is 2.71. The van der Waals surface area contributed by atoms with Crippen molar-refractivity contribution >= 4 is 11.8 Å². The molecule has 0 saturated carbocycles. The lowest BCUT2D eigenvalue weighted by molar-refractivity contribution is -0.142. The Bertz CT molecular complexity index is 759. The van der Waals surface area contributed by atoms with E-state index in [0.717, 1.165) is 11.1 Å². The molecule has 0 aliphatic heterocycles. The first-order valence-corrected chi connectivity index (χ1v) is 9.20. The number of carbonyl (C=O) groups excluding carboxylic acids is 2. The first-order valence-electron chi connectivity index (χ1n) is 9.20. The number of carbonyl (C=O) groups is 2. The van der Waals surface area contributed by atoms with Gasteiger partial charge in [-0.25, -0.2) is 0 Å². The third-order valence-corrected chi connectivity index (χ3v) is 4.24. The van der Waals surface area contributed by atoms with E-state index in [9.17, 15) is 9.59 Å². The maximum Gasteiger partial charge on any atom is 0.261 e. The highest BCUT2D eigenvalue weighted by Crippen LogP contribution is 2.17. The van der Waals surface area contributed by atoms with Crippen LogP contribution in [0.1, 0.15) is 31.9 Å². The van der Waals surface area contributed by atoms with Gasteiger partial charge in [-0.1, -0.05) is 48.5 Å². The Labute approximate surface area is 161 Å². The van der Waals surface area contributed by atoms with Gasteiger partial charge in [-0.3, -0.25) is 9.59 Å². The average Bonchev–Trinajstić information content (AvgIpc) is 2.65. The predicted molar refractivity (Wildman–Crippen MR) is 106 cm³/mol. The highest BCUT2D eigenvalue weighted by Gasteiger charge is 2.26. The van der Waals surface area contributed by atoms with Crippen molar-refractivity contribution in [1.29, 1.82) is 0 Å². The average molecular weight is 368 g/mol. The number of nitrogens with one attached hydrogen (secondary N) is 1. The number of nitrogens with zero attached hydrogens (tertiary/aromatic N) is 1. The lowest BCUT2D eigenvalue weighted by Gasteiger charge is -2.29. The van der Waals surface area contributed by atoms with Crippen molar-refractivity contribution in [2.45, 2.75) is 46.3 Å². The Morgan fingerprint density at radius 3 is 2.26 bits per heavy atom. The van der Waals surface area contributed by atoms with Gasteiger partial charge in [-0.05, 0) is 44.9 Å². The van der Waals surface area contributed by atoms with Crippen LogP contribution in [0.4, 0.5) is 0 Å². The second kappa shape index (κ2) is 9.76. The minimum atomic E-state index is -0.597. The molecule has 144 valence electrons. The van der Waals surface area contributed by atoms with E-state index in [1.54, 1.807) is 11.8 Å². The zero-order chi connectivity index (χ0) is 19.8. The molecule has 2 rings (SSSR count). The van der Waals surface area contributed by atoms with Gasteiger partial charge in [0.05, 0.1) is 0 Å². The van der Waals surface area contributed by atoms with E-state index in [4.69, 9.17) is 4.74 Å². The van der Waals surface area contributed by atoms with Crippen LogP contribution in [-0.2, 0) is 16.1 Å². The van der Waals surface area contributed by atoms with Crippen molar-refractivity contribution in [3.63, 3.8) is 0 Å². The molecule has 0 radical (unpaired) electrons. The number of rotatable bonds is 8. The summed E-state index contributed by atoms with van der Waals surface area (Å²) < 4.78 is 5.71. The minimum absolute atomic E-state index is 0.0110. The lowest BCUT2D eigenvalue weighted by Crippen LogP contribution is -2.50. The van der Waals surface area contributed by atoms with E-state index in [1.807, 2.05) is 75.4 Å². The molecule has 5 heteroatoms. The van der Waals surface area contributed by atoms with Gasteiger partial charge in [0.2, 0.25) is 5.91 Å². The Balaban J connectivity index is 2.13. The highest BCUT2D eigenvalue weighted by molar-refractivity contribution is 5.88. The van der Waals surface area contributed by atoms with Crippen LogP contribution in [-0.4, -0.2) is 35.4 Å². The van der Waals surface area contributed by atoms with Crippen molar-refractivity contribution in [3.05, 3.63) is 65.7 Å². The Morgan fingerprint density at radius 1 is 1.00 bits per heavy atom. The van der Waals surface area contributed by atoms with Crippen molar-refractivity contribution in [3.8, 4) is 5.75 Å². The molecule has 5 nitrogen and oxygen atoms in total. The van der Waals surface area contributed by atoms with Gasteiger partial charge < -0.3 is 15.0 Å². The minimum Gasteiger partial charge on any atom is -0.484 e. The Hall–Kier alpha value is -2.82. The van der Waals surface area contributed by atoms with Gasteiger partial charge in [0.15, 0.2) is 6.61 Å². The second-order valence-electron chi connectivity index (χ2n) is 6.90. The smallest absolute Gasteiger partial charge is 0.261 e. The monoisotopic (exact) mass is 368 g/mol. The molecule has 0 aliphatic rings. The Morgan fingerprint density at radius 2 is 1.63 bits per heavy atom. The zero-order valence-electron chi connectivity index (χ0n) is 16.4. The Kier molecular flexibility index (Phi) is 7.41. The van der Waals surface area contributed by atoms with E-state index in [1.165, 1.54) is 0 Å². The number of hydrogen-bond donors (Lipinski definition) is 1. The second-order valence-corrected chi connectivity index (χ2v) is 6.90. The summed E-state index contributed by atoms with van der Waals surface area (Å²) in [6.45, 7) is 7.71. The molecule has 27 heavy (non-hydrogen) atoms. The standard InChI is InChI=1S/C22H28N2O3/c1-16(2)23-22(26)18(4)24(14-19-11-6-5-7-12-19)21(25)15-27-20-13-9-8-10-17(20)3/h5-13,16,18H,14-15H2,1-4H3,(H,23,26)/t18-/m1/s1. The third-order valence-electron chi connectivity index (χ3n) is 4.24. The molecule has 0 heterocycles. The predicted octanol–water partition coefficient (Wildman–Crippen LogP) is 3.32. The molecule has 0 saturated heterocycles. The van der Waals surface area contributed by atoms with Crippen molar-refractivity contribution in [1.82, 2.24) is 10.2 Å². The van der Waals surface area contributed by atoms with Gasteiger partial charge in [-0.2, -0.15) is 0 Å². The lowest BCUT2D eigenvalue weighted by atomic mass is 10.1. The van der Waals surface area contributed by atoms with Crippen LogP contribution in [0.2, 0.25) is 0 Å². The van der Waals surface area contributed by atoms with Crippen LogP contribution in [0, 0.1) is 6.92 Å². The summed E-state index contributed by atoms with van der Waals surface area (Å²) in [6.07, 6.45) is 0. The quantitative estimate of drug-likeness (QED) is 0.778. The summed E-state index contributed by atoms with van der Waals surface area (Å²) >= 11 is 0. The summed E-state index contributed by atoms with van der Waals surface area (Å²) in [4.78, 5) is 26.9. The first kappa shape index (κ1) is 20.5. The molecule has 0 spiro atoms. The maximum absolute atomic E-state index is 12.9. The summed E-state index contributed by atoms with van der Waals surface area (Å²) in [5.41, 5.74) is 1.93. The number of ether oxygens (including phenoxy) is 1. The number of amides is 2. The molecule has 0 aromatic heterocycles. The molecular formula is C22H28N2O3. The fourth-order valence-electron chi connectivity index (χ4n) is 2.71. The van der Waals surface area contributed by atoms with E-state index in [-0.39, 0.29) is 24.5 Å². The van der Waals surface area contributed by atoms with Crippen LogP contribution in [0.3, 0.4) is 0 Å². The molecule has 1 atom stereocenters. The van der Waals surface area contributed by atoms with E-state index < -0.39 is 6.04 Å². The van der Waals surface area contributed by atoms with Crippen molar-refractivity contribution in [2.75, 3.05) is 6.61 Å². The van der Waals surface area contributed by atoms with Gasteiger partial charge in [0.1, 0.15) is 11.8 Å². The molecule has 2 aromatic carbocycles. The van der Waals surface area contributed by atoms with Gasteiger partial charge >= 0.3 is 0 Å². The van der Waals surface area contributed by atoms with E-state index in [0.29, 0.717) is 12.3 Å². The SMILES string of the molecule is Cc1ccccc1OCC(=O)N(Cc1ccccc1)[C@H](C)C(=O)NC(C)C. The summed E-state index contributed by atoms with van der Waals surface area (Å²) in [6, 6.07) is 16.6. The van der Waals surface area contributed by atoms with Crippen LogP contribution < -0.4 is 10.1 Å². The molecule has 1 N–H and O–H groups in total. The number of benzene rings is 2. The topological polar surface area (TPSA) is 58.6 Å². The fraction of sp³-hybridized carbons (Fsp3) is 0.364. The third kappa shape index (κ3) is 6.13. The maximum atomic E-state index is 12.9. The van der Waals surface area contributed by atoms with Gasteiger partial charge in [-0.15, -0.1) is 0 Å². The van der Waals surface area contributed by atoms with Crippen LogP contribution in [0.5, 0.6) is 5.75 Å². The van der Waals surface area contributed by atoms with E-state index in [2.05, 4.69) is 5.32 Å². The summed E-state index contributed by atoms with van der Waals surface area (Å²) in [5.74, 6) is 0.267. The molecule has 0 bridgehead atoms. The molecule has 2 amide bonds. The van der Waals surface area contributed by atoms with Crippen molar-refractivity contribution in [2.24, 2.45) is 0 Å². The van der Waals surface area contributed by atoms with Crippen molar-refractivity contribution < 1.29 is 14.3 Å². The summed E-state index contributed by atoms with van der Waals surface area (Å²) in [7, 11) is 0. The van der Waals surface area contributed by atoms with Crippen LogP contribution >= 0.6 is 0 Å². The number of para-hydroxylation sites is 1. The van der Waals surface area contributed by atoms with Gasteiger partial charge in [0, 0.05) is 12.6 Å². The molecule has 0 aliphatic carbocycles.